The lowest BCUT2D eigenvalue weighted by Crippen LogP contribution is -2.49. The molecule has 1 aromatic carbocycles. The average molecular weight is 474 g/mol. The van der Waals surface area contributed by atoms with Crippen LogP contribution in [-0.2, 0) is 21.5 Å². The maximum absolute atomic E-state index is 13.4. The first kappa shape index (κ1) is 24.3. The minimum atomic E-state index is -0.761. The number of carbonyl (C=O) groups excluding carboxylic acids is 2. The van der Waals surface area contributed by atoms with Crippen molar-refractivity contribution in [3.05, 3.63) is 47.9 Å². The van der Waals surface area contributed by atoms with Crippen LogP contribution in [0.1, 0.15) is 57.4 Å². The van der Waals surface area contributed by atoms with Gasteiger partial charge in [-0.1, -0.05) is 13.3 Å². The van der Waals surface area contributed by atoms with E-state index in [0.717, 1.165) is 50.7 Å². The summed E-state index contributed by atoms with van der Waals surface area (Å²) in [6, 6.07) is 2.22. The number of carbonyl (C=O) groups is 2. The lowest BCUT2D eigenvalue weighted by molar-refractivity contribution is -0.126. The van der Waals surface area contributed by atoms with Crippen LogP contribution in [0, 0.1) is 11.6 Å². The van der Waals surface area contributed by atoms with Gasteiger partial charge in [-0.2, -0.15) is 0 Å². The van der Waals surface area contributed by atoms with Crippen LogP contribution in [0.5, 0.6) is 0 Å². The minimum Gasteiger partial charge on any atom is -0.344 e. The van der Waals surface area contributed by atoms with Gasteiger partial charge < -0.3 is 20.1 Å². The highest BCUT2D eigenvalue weighted by Gasteiger charge is 2.40. The Bertz CT molecular complexity index is 994. The molecule has 1 saturated carbocycles. The van der Waals surface area contributed by atoms with Crippen LogP contribution in [0.2, 0.25) is 0 Å². The molecule has 2 amide bonds. The van der Waals surface area contributed by atoms with Gasteiger partial charge in [-0.3, -0.25) is 9.59 Å². The first-order valence-corrected chi connectivity index (χ1v) is 12.2. The van der Waals surface area contributed by atoms with E-state index in [2.05, 4.69) is 25.1 Å². The number of nitrogens with zero attached hydrogens (tertiary/aromatic N) is 3. The maximum atomic E-state index is 13.4. The SMILES string of the molecule is CCC[C@H](NC(=O)Cc1cc(F)cc(F)c1)C(=O)Nc1cn(C2(CN3CCCC3)CCC2)cn1. The van der Waals surface area contributed by atoms with Crippen LogP contribution >= 0.6 is 0 Å². The molecule has 9 heteroatoms. The van der Waals surface area contributed by atoms with Gasteiger partial charge in [-0.15, -0.1) is 0 Å². The molecule has 1 aliphatic carbocycles. The summed E-state index contributed by atoms with van der Waals surface area (Å²) < 4.78 is 29.0. The molecule has 2 N–H and O–H groups in total. The Morgan fingerprint density at radius 3 is 2.44 bits per heavy atom. The third-order valence-electron chi connectivity index (χ3n) is 6.90. The predicted molar refractivity (Wildman–Crippen MR) is 125 cm³/mol. The summed E-state index contributed by atoms with van der Waals surface area (Å²) in [5, 5.41) is 5.53. The third-order valence-corrected chi connectivity index (χ3v) is 6.90. The average Bonchev–Trinajstić information content (AvgIpc) is 3.41. The monoisotopic (exact) mass is 473 g/mol. The first-order valence-electron chi connectivity index (χ1n) is 12.2. The van der Waals surface area contributed by atoms with E-state index >= 15 is 0 Å². The van der Waals surface area contributed by atoms with Crippen molar-refractivity contribution < 1.29 is 18.4 Å². The largest absolute Gasteiger partial charge is 0.344 e. The first-order chi connectivity index (χ1) is 16.4. The van der Waals surface area contributed by atoms with E-state index in [1.165, 1.54) is 19.3 Å². The lowest BCUT2D eigenvalue weighted by Gasteiger charge is -2.45. The Kier molecular flexibility index (Phi) is 7.60. The summed E-state index contributed by atoms with van der Waals surface area (Å²) in [6.07, 6.45) is 10.5. The molecule has 2 heterocycles. The topological polar surface area (TPSA) is 79.3 Å². The van der Waals surface area contributed by atoms with E-state index in [1.807, 2.05) is 13.1 Å². The van der Waals surface area contributed by atoms with Gasteiger partial charge in [0.2, 0.25) is 11.8 Å². The van der Waals surface area contributed by atoms with Gasteiger partial charge in [0.15, 0.2) is 5.82 Å². The molecule has 184 valence electrons. The van der Waals surface area contributed by atoms with E-state index in [4.69, 9.17) is 0 Å². The second kappa shape index (κ2) is 10.6. The number of rotatable bonds is 10. The summed E-state index contributed by atoms with van der Waals surface area (Å²) in [7, 11) is 0. The fourth-order valence-electron chi connectivity index (χ4n) is 5.00. The van der Waals surface area contributed by atoms with Crippen molar-refractivity contribution >= 4 is 17.6 Å². The Hall–Kier alpha value is -2.81. The van der Waals surface area contributed by atoms with Crippen LogP contribution in [0.4, 0.5) is 14.6 Å². The number of anilines is 1. The van der Waals surface area contributed by atoms with Crippen LogP contribution in [0.15, 0.2) is 30.7 Å². The third kappa shape index (κ3) is 5.81. The van der Waals surface area contributed by atoms with E-state index in [9.17, 15) is 18.4 Å². The zero-order valence-electron chi connectivity index (χ0n) is 19.7. The highest BCUT2D eigenvalue weighted by atomic mass is 19.1. The molecule has 4 rings (SSSR count). The molecule has 0 radical (unpaired) electrons. The fourth-order valence-corrected chi connectivity index (χ4v) is 5.00. The molecule has 1 aliphatic heterocycles. The molecule has 2 aliphatic rings. The van der Waals surface area contributed by atoms with Crippen LogP contribution in [-0.4, -0.2) is 51.9 Å². The number of halogens is 2. The van der Waals surface area contributed by atoms with E-state index in [0.29, 0.717) is 18.7 Å². The predicted octanol–water partition coefficient (Wildman–Crippen LogP) is 3.60. The van der Waals surface area contributed by atoms with Crippen molar-refractivity contribution in [1.82, 2.24) is 19.8 Å². The second-order valence-corrected chi connectivity index (χ2v) is 9.58. The Balaban J connectivity index is 1.37. The van der Waals surface area contributed by atoms with Crippen LogP contribution < -0.4 is 10.6 Å². The number of aromatic nitrogens is 2. The van der Waals surface area contributed by atoms with E-state index in [-0.39, 0.29) is 23.4 Å². The zero-order valence-corrected chi connectivity index (χ0v) is 19.7. The Morgan fingerprint density at radius 1 is 1.12 bits per heavy atom. The van der Waals surface area contributed by atoms with Gasteiger partial charge in [0.05, 0.1) is 18.3 Å². The van der Waals surface area contributed by atoms with E-state index < -0.39 is 23.6 Å². The number of hydrogen-bond acceptors (Lipinski definition) is 4. The van der Waals surface area contributed by atoms with Crippen molar-refractivity contribution in [2.24, 2.45) is 0 Å². The maximum Gasteiger partial charge on any atom is 0.248 e. The number of hydrogen-bond donors (Lipinski definition) is 2. The molecular weight excluding hydrogens is 440 g/mol. The van der Waals surface area contributed by atoms with Crippen molar-refractivity contribution in [2.75, 3.05) is 25.0 Å². The molecule has 1 aromatic heterocycles. The molecule has 1 atom stereocenters. The standard InChI is InChI=1S/C25H33F2N5O2/c1-2-6-21(29-23(33)13-18-11-19(26)14-20(27)12-18)24(34)30-22-15-32(17-28-22)25(7-5-8-25)16-31-9-3-4-10-31/h11-12,14-15,17,21H,2-10,13,16H2,1H3,(H,29,33)(H,30,34)/t21-/m0/s1. The number of imidazole rings is 1. The van der Waals surface area contributed by atoms with Gasteiger partial charge in [-0.05, 0) is 69.3 Å². The molecule has 2 fully saturated rings. The van der Waals surface area contributed by atoms with Gasteiger partial charge >= 0.3 is 0 Å². The molecule has 0 spiro atoms. The number of nitrogens with one attached hydrogen (secondary N) is 2. The smallest absolute Gasteiger partial charge is 0.248 e. The van der Waals surface area contributed by atoms with Crippen LogP contribution in [0.3, 0.4) is 0 Å². The second-order valence-electron chi connectivity index (χ2n) is 9.58. The summed E-state index contributed by atoms with van der Waals surface area (Å²) in [4.78, 5) is 32.3. The summed E-state index contributed by atoms with van der Waals surface area (Å²) >= 11 is 0. The Morgan fingerprint density at radius 2 is 1.82 bits per heavy atom. The molecule has 0 unspecified atom stereocenters. The highest BCUT2D eigenvalue weighted by molar-refractivity contribution is 5.96. The van der Waals surface area contributed by atoms with Crippen LogP contribution in [0.25, 0.3) is 0 Å². The molecular formula is C25H33F2N5O2. The van der Waals surface area contributed by atoms with Crippen molar-refractivity contribution in [3.63, 3.8) is 0 Å². The van der Waals surface area contributed by atoms with Gasteiger partial charge in [0, 0.05) is 18.8 Å². The summed E-state index contributed by atoms with van der Waals surface area (Å²) in [6.45, 7) is 5.20. The normalized spacial score (nSPS) is 18.3. The van der Waals surface area contributed by atoms with Gasteiger partial charge in [-0.25, -0.2) is 13.8 Å². The zero-order chi connectivity index (χ0) is 24.1. The molecule has 0 bridgehead atoms. The minimum absolute atomic E-state index is 0.0393. The molecule has 7 nitrogen and oxygen atoms in total. The highest BCUT2D eigenvalue weighted by Crippen LogP contribution is 2.40. The fraction of sp³-hybridized carbons (Fsp3) is 0.560. The molecule has 34 heavy (non-hydrogen) atoms. The number of amides is 2. The van der Waals surface area contributed by atoms with Gasteiger partial charge in [0.1, 0.15) is 17.7 Å². The summed E-state index contributed by atoms with van der Waals surface area (Å²) in [5.74, 6) is -1.85. The summed E-state index contributed by atoms with van der Waals surface area (Å²) in [5.41, 5.74) is 0.255. The molecule has 1 saturated heterocycles. The number of benzene rings is 1. The van der Waals surface area contributed by atoms with Crippen molar-refractivity contribution in [1.29, 1.82) is 0 Å². The lowest BCUT2D eigenvalue weighted by atomic mass is 9.76. The Labute approximate surface area is 198 Å². The van der Waals surface area contributed by atoms with E-state index in [1.54, 1.807) is 6.33 Å². The molecule has 2 aromatic rings. The van der Waals surface area contributed by atoms with Gasteiger partial charge in [0.25, 0.3) is 0 Å². The quantitative estimate of drug-likeness (QED) is 0.553. The number of likely N-dealkylation sites (tertiary alicyclic amines) is 1. The van der Waals surface area contributed by atoms with Crippen molar-refractivity contribution in [2.45, 2.75) is 69.9 Å². The van der Waals surface area contributed by atoms with Crippen molar-refractivity contribution in [3.8, 4) is 0 Å².